The third-order valence-electron chi connectivity index (χ3n) is 5.41. The molecule has 1 saturated heterocycles. The molecule has 2 N–H and O–H groups in total. The number of nitrogens with zero attached hydrogens (tertiary/aromatic N) is 1. The average Bonchev–Trinajstić information content (AvgIpc) is 3.01. The van der Waals surface area contributed by atoms with Crippen molar-refractivity contribution in [3.63, 3.8) is 0 Å². The number of ether oxygens (including phenoxy) is 1. The highest BCUT2D eigenvalue weighted by atomic mass is 35.5. The van der Waals surface area contributed by atoms with Crippen LogP contribution in [0.3, 0.4) is 0 Å². The van der Waals surface area contributed by atoms with Gasteiger partial charge >= 0.3 is 6.03 Å². The molecule has 1 fully saturated rings. The van der Waals surface area contributed by atoms with E-state index in [1.54, 1.807) is 55.5 Å². The van der Waals surface area contributed by atoms with Crippen LogP contribution in [-0.4, -0.2) is 29.3 Å². The Morgan fingerprint density at radius 1 is 1.03 bits per heavy atom. The zero-order chi connectivity index (χ0) is 23.6. The Morgan fingerprint density at radius 2 is 1.70 bits per heavy atom. The molecule has 0 aliphatic carbocycles. The van der Waals surface area contributed by atoms with Crippen LogP contribution in [0.1, 0.15) is 18.1 Å². The van der Waals surface area contributed by atoms with E-state index in [4.69, 9.17) is 16.3 Å². The Labute approximate surface area is 196 Å². The first-order valence-corrected chi connectivity index (χ1v) is 10.7. The fraction of sp³-hybridized carbons (Fsp3) is 0.160. The number of hydrogen-bond acceptors (Lipinski definition) is 4. The Kier molecular flexibility index (Phi) is 6.07. The lowest BCUT2D eigenvalue weighted by Gasteiger charge is -2.22. The number of halogens is 1. The van der Waals surface area contributed by atoms with Crippen LogP contribution in [0.2, 0.25) is 5.02 Å². The normalized spacial score (nSPS) is 17.6. The van der Waals surface area contributed by atoms with Crippen molar-refractivity contribution in [3.8, 4) is 11.5 Å². The van der Waals surface area contributed by atoms with Gasteiger partial charge in [-0.2, -0.15) is 0 Å². The van der Waals surface area contributed by atoms with Gasteiger partial charge in [-0.3, -0.25) is 14.5 Å². The summed E-state index contributed by atoms with van der Waals surface area (Å²) in [5.41, 5.74) is 0.817. The van der Waals surface area contributed by atoms with E-state index in [1.165, 1.54) is 0 Å². The smallest absolute Gasteiger partial charge is 0.325 e. The lowest BCUT2D eigenvalue weighted by Crippen LogP contribution is -2.42. The molecular formula is C25H22ClN3O4. The molecule has 1 unspecified atom stereocenters. The molecule has 4 amide bonds. The lowest BCUT2D eigenvalue weighted by atomic mass is 9.92. The number of carbonyl (C=O) groups excluding carboxylic acids is 3. The Bertz CT molecular complexity index is 1210. The van der Waals surface area contributed by atoms with Crippen molar-refractivity contribution in [3.05, 3.63) is 88.9 Å². The second-order valence-corrected chi connectivity index (χ2v) is 8.35. The van der Waals surface area contributed by atoms with Crippen LogP contribution in [0.25, 0.3) is 0 Å². The highest BCUT2D eigenvalue weighted by molar-refractivity contribution is 6.30. The maximum atomic E-state index is 13.1. The van der Waals surface area contributed by atoms with E-state index in [-0.39, 0.29) is 0 Å². The quantitative estimate of drug-likeness (QED) is 0.512. The maximum absolute atomic E-state index is 13.1. The molecule has 0 bridgehead atoms. The number of rotatable bonds is 6. The molecule has 168 valence electrons. The van der Waals surface area contributed by atoms with Gasteiger partial charge in [-0.25, -0.2) is 4.79 Å². The minimum absolute atomic E-state index is 0.426. The van der Waals surface area contributed by atoms with Crippen LogP contribution < -0.4 is 15.4 Å². The molecule has 3 aromatic carbocycles. The number of hydrogen-bond donors (Lipinski definition) is 2. The van der Waals surface area contributed by atoms with E-state index in [1.807, 2.05) is 31.2 Å². The zero-order valence-electron chi connectivity index (χ0n) is 18.1. The molecule has 0 aromatic heterocycles. The van der Waals surface area contributed by atoms with Crippen molar-refractivity contribution >= 4 is 35.1 Å². The molecule has 0 spiro atoms. The van der Waals surface area contributed by atoms with Gasteiger partial charge in [0.25, 0.3) is 5.91 Å². The van der Waals surface area contributed by atoms with Crippen molar-refractivity contribution in [2.45, 2.75) is 19.4 Å². The first-order valence-electron chi connectivity index (χ1n) is 10.3. The van der Waals surface area contributed by atoms with Crippen molar-refractivity contribution in [2.75, 3.05) is 11.9 Å². The molecule has 3 aromatic rings. The fourth-order valence-electron chi connectivity index (χ4n) is 3.54. The highest BCUT2D eigenvalue weighted by Crippen LogP contribution is 2.31. The van der Waals surface area contributed by atoms with Gasteiger partial charge in [-0.15, -0.1) is 0 Å². The Hall–Kier alpha value is -3.84. The Morgan fingerprint density at radius 3 is 2.39 bits per heavy atom. The van der Waals surface area contributed by atoms with Crippen molar-refractivity contribution in [1.29, 1.82) is 0 Å². The molecule has 7 nitrogen and oxygen atoms in total. The average molecular weight is 464 g/mol. The molecule has 1 aliphatic rings. The van der Waals surface area contributed by atoms with Gasteiger partial charge in [0, 0.05) is 5.02 Å². The van der Waals surface area contributed by atoms with Crippen LogP contribution in [-0.2, 0) is 15.1 Å². The summed E-state index contributed by atoms with van der Waals surface area (Å²) in [7, 11) is 0. The fourth-order valence-corrected chi connectivity index (χ4v) is 3.67. The number of nitrogens with one attached hydrogen (secondary N) is 2. The number of benzene rings is 3. The van der Waals surface area contributed by atoms with Gasteiger partial charge in [-0.1, -0.05) is 53.6 Å². The van der Waals surface area contributed by atoms with E-state index in [2.05, 4.69) is 10.6 Å². The highest BCUT2D eigenvalue weighted by Gasteiger charge is 2.49. The summed E-state index contributed by atoms with van der Waals surface area (Å²) in [4.78, 5) is 39.2. The van der Waals surface area contributed by atoms with E-state index in [0.717, 1.165) is 10.5 Å². The SMILES string of the molecule is Cc1ccc(Oc2ccccc2NC(=O)CN2C(=O)NC(C)(c3ccc(Cl)cc3)C2=O)cc1. The van der Waals surface area contributed by atoms with Crippen LogP contribution in [0.5, 0.6) is 11.5 Å². The van der Waals surface area contributed by atoms with Crippen LogP contribution in [0.4, 0.5) is 10.5 Å². The molecule has 1 atom stereocenters. The molecule has 33 heavy (non-hydrogen) atoms. The number of amides is 4. The predicted molar refractivity (Wildman–Crippen MR) is 125 cm³/mol. The Balaban J connectivity index is 1.47. The number of aryl methyl sites for hydroxylation is 1. The summed E-state index contributed by atoms with van der Waals surface area (Å²) in [6.07, 6.45) is 0. The summed E-state index contributed by atoms with van der Waals surface area (Å²) in [6, 6.07) is 20.4. The number of imide groups is 1. The van der Waals surface area contributed by atoms with Gasteiger partial charge in [0.2, 0.25) is 5.91 Å². The molecule has 1 aliphatic heterocycles. The maximum Gasteiger partial charge on any atom is 0.325 e. The molecular weight excluding hydrogens is 442 g/mol. The number of anilines is 1. The number of para-hydroxylation sites is 2. The topological polar surface area (TPSA) is 87.7 Å². The second-order valence-electron chi connectivity index (χ2n) is 7.91. The van der Waals surface area contributed by atoms with Crippen LogP contribution in [0.15, 0.2) is 72.8 Å². The van der Waals surface area contributed by atoms with Crippen molar-refractivity contribution in [2.24, 2.45) is 0 Å². The molecule has 1 heterocycles. The van der Waals surface area contributed by atoms with Gasteiger partial charge in [0.15, 0.2) is 5.75 Å². The minimum Gasteiger partial charge on any atom is -0.455 e. The van der Waals surface area contributed by atoms with E-state index in [0.29, 0.717) is 27.8 Å². The molecule has 0 radical (unpaired) electrons. The standard InChI is InChI=1S/C25H22ClN3O4/c1-16-7-13-19(14-8-16)33-21-6-4-3-5-20(21)27-22(30)15-29-23(31)25(2,28-24(29)32)17-9-11-18(26)12-10-17/h3-14H,15H2,1-2H3,(H,27,30)(H,28,32). The van der Waals surface area contributed by atoms with Gasteiger partial charge in [0.05, 0.1) is 5.69 Å². The van der Waals surface area contributed by atoms with E-state index in [9.17, 15) is 14.4 Å². The number of urea groups is 1. The zero-order valence-corrected chi connectivity index (χ0v) is 18.8. The van der Waals surface area contributed by atoms with Gasteiger partial charge in [-0.05, 0) is 55.8 Å². The van der Waals surface area contributed by atoms with Crippen LogP contribution >= 0.6 is 11.6 Å². The summed E-state index contributed by atoms with van der Waals surface area (Å²) in [5, 5.41) is 5.92. The predicted octanol–water partition coefficient (Wildman–Crippen LogP) is 4.85. The van der Waals surface area contributed by atoms with E-state index < -0.39 is 29.9 Å². The van der Waals surface area contributed by atoms with Gasteiger partial charge in [0.1, 0.15) is 17.8 Å². The first kappa shape index (κ1) is 22.4. The summed E-state index contributed by atoms with van der Waals surface area (Å²) >= 11 is 5.93. The first-order chi connectivity index (χ1) is 15.8. The largest absolute Gasteiger partial charge is 0.455 e. The lowest BCUT2D eigenvalue weighted by molar-refractivity contribution is -0.133. The van der Waals surface area contributed by atoms with Gasteiger partial charge < -0.3 is 15.4 Å². The minimum atomic E-state index is -1.28. The molecule has 4 rings (SSSR count). The van der Waals surface area contributed by atoms with Crippen molar-refractivity contribution < 1.29 is 19.1 Å². The third kappa shape index (κ3) is 4.68. The molecule has 8 heteroatoms. The summed E-state index contributed by atoms with van der Waals surface area (Å²) in [5.74, 6) is 0.0148. The molecule has 0 saturated carbocycles. The van der Waals surface area contributed by atoms with E-state index >= 15 is 0 Å². The van der Waals surface area contributed by atoms with Crippen molar-refractivity contribution in [1.82, 2.24) is 10.2 Å². The monoisotopic (exact) mass is 463 g/mol. The summed E-state index contributed by atoms with van der Waals surface area (Å²) in [6.45, 7) is 3.14. The third-order valence-corrected chi connectivity index (χ3v) is 5.66. The number of carbonyl (C=O) groups is 3. The van der Waals surface area contributed by atoms with Crippen LogP contribution in [0, 0.1) is 6.92 Å². The second kappa shape index (κ2) is 8.96. The summed E-state index contributed by atoms with van der Waals surface area (Å²) < 4.78 is 5.89.